The van der Waals surface area contributed by atoms with Crippen LogP contribution < -0.4 is 0 Å². The highest BCUT2D eigenvalue weighted by atomic mass is 16.1. The molecule has 0 saturated carbocycles. The molecule has 3 aliphatic rings. The van der Waals surface area contributed by atoms with Crippen molar-refractivity contribution in [2.75, 3.05) is 0 Å². The Morgan fingerprint density at radius 3 is 2.50 bits per heavy atom. The van der Waals surface area contributed by atoms with Gasteiger partial charge >= 0.3 is 0 Å². The lowest BCUT2D eigenvalue weighted by atomic mass is 9.65. The van der Waals surface area contributed by atoms with Crippen LogP contribution in [0.1, 0.15) is 6.42 Å². The number of hydrogen-bond donors (Lipinski definition) is 0. The van der Waals surface area contributed by atoms with E-state index in [1.807, 2.05) is 54.7 Å². The molecule has 0 saturated heterocycles. The molecule has 1 atom stereocenters. The Bertz CT molecular complexity index is 524. The molecule has 0 amide bonds. The van der Waals surface area contributed by atoms with Crippen LogP contribution in [-0.4, -0.2) is 5.78 Å². The van der Waals surface area contributed by atoms with Gasteiger partial charge in [0.15, 0.2) is 5.78 Å². The average Bonchev–Trinajstić information content (AvgIpc) is 2.50. The van der Waals surface area contributed by atoms with E-state index in [-0.39, 0.29) is 5.78 Å². The zero-order chi connectivity index (χ0) is 11.0. The van der Waals surface area contributed by atoms with Crippen LogP contribution in [0.15, 0.2) is 71.9 Å². The predicted molar refractivity (Wildman–Crippen MR) is 64.8 cm³/mol. The number of hydrogen-bond acceptors (Lipinski definition) is 1. The molecular weight excluding hydrogens is 196 g/mol. The molecule has 1 unspecified atom stereocenters. The lowest BCUT2D eigenvalue weighted by Crippen LogP contribution is -2.34. The van der Waals surface area contributed by atoms with E-state index in [2.05, 4.69) is 6.08 Å². The first-order valence-corrected chi connectivity index (χ1v) is 5.49. The molecule has 1 spiro atoms. The van der Waals surface area contributed by atoms with Crippen molar-refractivity contribution in [3.05, 3.63) is 71.9 Å². The summed E-state index contributed by atoms with van der Waals surface area (Å²) in [7, 11) is 0. The molecular formula is C15H12O. The Kier molecular flexibility index (Phi) is 1.93. The van der Waals surface area contributed by atoms with Crippen LogP contribution in [-0.2, 0) is 4.79 Å². The van der Waals surface area contributed by atoms with Crippen LogP contribution in [0.4, 0.5) is 0 Å². The van der Waals surface area contributed by atoms with Crippen molar-refractivity contribution in [3.8, 4) is 0 Å². The fraction of sp³-hybridized carbons (Fsp3) is 0.133. The minimum Gasteiger partial charge on any atom is -0.298 e. The average molecular weight is 208 g/mol. The molecule has 0 aromatic heterocycles. The summed E-state index contributed by atoms with van der Waals surface area (Å²) in [6.45, 7) is 0. The Balaban J connectivity index is 2.30. The second-order valence-corrected chi connectivity index (χ2v) is 4.18. The molecule has 0 aromatic carbocycles. The summed E-state index contributed by atoms with van der Waals surface area (Å²) in [5.41, 5.74) is 1.63. The molecule has 3 aliphatic carbocycles. The first-order chi connectivity index (χ1) is 7.84. The molecule has 1 heteroatoms. The van der Waals surface area contributed by atoms with Crippen LogP contribution in [0.2, 0.25) is 0 Å². The lowest BCUT2D eigenvalue weighted by molar-refractivity contribution is -0.122. The third-order valence-electron chi connectivity index (χ3n) is 3.35. The number of rotatable bonds is 0. The van der Waals surface area contributed by atoms with Gasteiger partial charge in [-0.1, -0.05) is 60.8 Å². The summed E-state index contributed by atoms with van der Waals surface area (Å²) < 4.78 is 0. The van der Waals surface area contributed by atoms with E-state index >= 15 is 0 Å². The van der Waals surface area contributed by atoms with Gasteiger partial charge in [-0.2, -0.15) is 0 Å². The zero-order valence-corrected chi connectivity index (χ0v) is 8.89. The number of allylic oxidation sites excluding steroid dienone is 12. The molecule has 0 aliphatic heterocycles. The molecule has 16 heavy (non-hydrogen) atoms. The monoisotopic (exact) mass is 208 g/mol. The summed E-state index contributed by atoms with van der Waals surface area (Å²) in [6, 6.07) is 0. The van der Waals surface area contributed by atoms with Gasteiger partial charge < -0.3 is 0 Å². The van der Waals surface area contributed by atoms with Gasteiger partial charge in [-0.3, -0.25) is 4.79 Å². The fourth-order valence-corrected chi connectivity index (χ4v) is 2.54. The summed E-state index contributed by atoms with van der Waals surface area (Å²) in [5.74, 6) is 0.261. The van der Waals surface area contributed by atoms with E-state index in [0.29, 0.717) is 6.42 Å². The highest BCUT2D eigenvalue weighted by molar-refractivity contribution is 5.98. The van der Waals surface area contributed by atoms with Gasteiger partial charge in [-0.25, -0.2) is 0 Å². The number of Topliss-reactive ketones (excluding diaryl/α,β-unsaturated/α-hetero) is 1. The Labute approximate surface area is 94.9 Å². The van der Waals surface area contributed by atoms with Gasteiger partial charge in [0.05, 0.1) is 5.41 Å². The topological polar surface area (TPSA) is 17.1 Å². The van der Waals surface area contributed by atoms with E-state index < -0.39 is 5.41 Å². The van der Waals surface area contributed by atoms with Crippen molar-refractivity contribution in [1.82, 2.24) is 0 Å². The number of ketones is 1. The second-order valence-electron chi connectivity index (χ2n) is 4.18. The molecule has 0 aromatic rings. The second kappa shape index (κ2) is 3.31. The molecule has 0 bridgehead atoms. The summed E-state index contributed by atoms with van der Waals surface area (Å²) >= 11 is 0. The first-order valence-electron chi connectivity index (χ1n) is 5.49. The van der Waals surface area contributed by atoms with Crippen molar-refractivity contribution >= 4 is 5.78 Å². The standard InChI is InChI=1S/C15H12O/c16-14-10-5-9-13-7-2-1-6-12-8-3-4-11-15(12,13)14/h1-9,11H,10H2. The largest absolute Gasteiger partial charge is 0.298 e. The lowest BCUT2D eigenvalue weighted by Gasteiger charge is -2.35. The summed E-state index contributed by atoms with van der Waals surface area (Å²) in [6.07, 6.45) is 20.6. The van der Waals surface area contributed by atoms with Crippen LogP contribution >= 0.6 is 0 Å². The van der Waals surface area contributed by atoms with Gasteiger partial charge in [-0.15, -0.1) is 0 Å². The maximum absolute atomic E-state index is 12.3. The van der Waals surface area contributed by atoms with Crippen molar-refractivity contribution in [3.63, 3.8) is 0 Å². The maximum atomic E-state index is 12.3. The normalized spacial score (nSPS) is 30.4. The van der Waals surface area contributed by atoms with Crippen LogP contribution in [0, 0.1) is 5.41 Å². The SMILES string of the molecule is O=C1CC=CC2=CC=CC=C3C=CC=CC132. The smallest absolute Gasteiger partial charge is 0.155 e. The van der Waals surface area contributed by atoms with Gasteiger partial charge in [-0.05, 0) is 11.1 Å². The highest BCUT2D eigenvalue weighted by Gasteiger charge is 2.42. The van der Waals surface area contributed by atoms with Gasteiger partial charge in [0, 0.05) is 6.42 Å². The van der Waals surface area contributed by atoms with Crippen LogP contribution in [0.5, 0.6) is 0 Å². The van der Waals surface area contributed by atoms with Crippen LogP contribution in [0.3, 0.4) is 0 Å². The van der Waals surface area contributed by atoms with E-state index in [1.54, 1.807) is 0 Å². The van der Waals surface area contributed by atoms with Crippen molar-refractivity contribution in [1.29, 1.82) is 0 Å². The Morgan fingerprint density at radius 1 is 0.938 bits per heavy atom. The fourth-order valence-electron chi connectivity index (χ4n) is 2.54. The third kappa shape index (κ3) is 1.09. The van der Waals surface area contributed by atoms with Crippen LogP contribution in [0.25, 0.3) is 0 Å². The van der Waals surface area contributed by atoms with E-state index in [9.17, 15) is 4.79 Å². The molecule has 0 fully saturated rings. The minimum atomic E-state index is -0.521. The van der Waals surface area contributed by atoms with E-state index in [4.69, 9.17) is 0 Å². The zero-order valence-electron chi connectivity index (χ0n) is 8.89. The van der Waals surface area contributed by atoms with Crippen molar-refractivity contribution in [2.45, 2.75) is 6.42 Å². The molecule has 1 nitrogen and oxygen atoms in total. The molecule has 0 radical (unpaired) electrons. The Morgan fingerprint density at radius 2 is 1.69 bits per heavy atom. The van der Waals surface area contributed by atoms with Gasteiger partial charge in [0.2, 0.25) is 0 Å². The Hall–Kier alpha value is -1.89. The molecule has 0 N–H and O–H groups in total. The van der Waals surface area contributed by atoms with E-state index in [1.165, 1.54) is 0 Å². The van der Waals surface area contributed by atoms with Gasteiger partial charge in [0.25, 0.3) is 0 Å². The van der Waals surface area contributed by atoms with Gasteiger partial charge in [0.1, 0.15) is 0 Å². The number of carbonyl (C=O) groups is 1. The van der Waals surface area contributed by atoms with Crippen molar-refractivity contribution in [2.24, 2.45) is 5.41 Å². The number of carbonyl (C=O) groups excluding carboxylic acids is 1. The maximum Gasteiger partial charge on any atom is 0.155 e. The molecule has 0 heterocycles. The predicted octanol–water partition coefficient (Wildman–Crippen LogP) is 3.05. The molecule has 3 rings (SSSR count). The molecule has 78 valence electrons. The minimum absolute atomic E-state index is 0.261. The first kappa shape index (κ1) is 9.34. The summed E-state index contributed by atoms with van der Waals surface area (Å²) in [5, 5.41) is 0. The third-order valence-corrected chi connectivity index (χ3v) is 3.35. The quantitative estimate of drug-likeness (QED) is 0.598. The summed E-state index contributed by atoms with van der Waals surface area (Å²) in [4.78, 5) is 12.3. The highest BCUT2D eigenvalue weighted by Crippen LogP contribution is 2.45. The van der Waals surface area contributed by atoms with E-state index in [0.717, 1.165) is 11.1 Å². The van der Waals surface area contributed by atoms with Crippen molar-refractivity contribution < 1.29 is 4.79 Å².